The Kier molecular flexibility index (Phi) is 2.16. The van der Waals surface area contributed by atoms with Crippen LogP contribution < -0.4 is 5.73 Å². The highest BCUT2D eigenvalue weighted by molar-refractivity contribution is 7.11. The molecule has 0 spiro atoms. The molecule has 2 nitrogen and oxygen atoms in total. The second-order valence-electron chi connectivity index (χ2n) is 4.32. The summed E-state index contributed by atoms with van der Waals surface area (Å²) in [5.41, 5.74) is 7.18. The van der Waals surface area contributed by atoms with E-state index in [2.05, 4.69) is 18.8 Å². The van der Waals surface area contributed by atoms with Crippen LogP contribution in [0.2, 0.25) is 0 Å². The molecule has 0 aliphatic heterocycles. The van der Waals surface area contributed by atoms with Gasteiger partial charge in [0.15, 0.2) is 0 Å². The van der Waals surface area contributed by atoms with E-state index in [0.717, 1.165) is 5.01 Å². The van der Waals surface area contributed by atoms with Gasteiger partial charge in [-0.3, -0.25) is 0 Å². The average Bonchev–Trinajstić information content (AvgIpc) is 2.48. The quantitative estimate of drug-likeness (QED) is 0.748. The molecule has 1 aliphatic carbocycles. The maximum Gasteiger partial charge on any atom is 0.107 e. The van der Waals surface area contributed by atoms with Crippen LogP contribution in [0.5, 0.6) is 0 Å². The van der Waals surface area contributed by atoms with Crippen LogP contribution in [-0.4, -0.2) is 4.98 Å². The van der Waals surface area contributed by atoms with Gasteiger partial charge in [-0.15, -0.1) is 11.3 Å². The molecular weight excluding hydrogens is 180 g/mol. The van der Waals surface area contributed by atoms with Crippen LogP contribution in [0.25, 0.3) is 0 Å². The smallest absolute Gasteiger partial charge is 0.107 e. The van der Waals surface area contributed by atoms with Crippen molar-refractivity contribution < 1.29 is 0 Å². The van der Waals surface area contributed by atoms with E-state index in [4.69, 9.17) is 5.73 Å². The summed E-state index contributed by atoms with van der Waals surface area (Å²) in [7, 11) is 0. The summed E-state index contributed by atoms with van der Waals surface area (Å²) in [4.78, 5) is 6.08. The predicted molar refractivity (Wildman–Crippen MR) is 56.0 cm³/mol. The Hall–Kier alpha value is -0.410. The van der Waals surface area contributed by atoms with Crippen LogP contribution in [0.1, 0.15) is 42.3 Å². The lowest BCUT2D eigenvalue weighted by Crippen LogP contribution is -2.23. The van der Waals surface area contributed by atoms with E-state index in [9.17, 15) is 0 Å². The lowest BCUT2D eigenvalue weighted by atomic mass is 9.79. The Labute approximate surface area is 83.2 Å². The molecule has 0 saturated carbocycles. The number of thiazole rings is 1. The molecule has 13 heavy (non-hydrogen) atoms. The van der Waals surface area contributed by atoms with Gasteiger partial charge in [-0.25, -0.2) is 4.98 Å². The number of hydrogen-bond acceptors (Lipinski definition) is 3. The van der Waals surface area contributed by atoms with Crippen molar-refractivity contribution >= 4 is 11.3 Å². The van der Waals surface area contributed by atoms with Gasteiger partial charge in [-0.1, -0.05) is 13.8 Å². The second-order valence-corrected chi connectivity index (χ2v) is 5.49. The van der Waals surface area contributed by atoms with Crippen molar-refractivity contribution in [2.45, 2.75) is 45.1 Å². The number of hydrogen-bond donors (Lipinski definition) is 1. The van der Waals surface area contributed by atoms with E-state index in [1.54, 1.807) is 11.3 Å². The minimum absolute atomic E-state index is 0.275. The molecule has 0 radical (unpaired) electrons. The molecule has 2 N–H and O–H groups in total. The molecule has 0 amide bonds. The highest BCUT2D eigenvalue weighted by Crippen LogP contribution is 2.38. The van der Waals surface area contributed by atoms with Crippen LogP contribution in [0.3, 0.4) is 0 Å². The molecule has 0 unspecified atom stereocenters. The summed E-state index contributed by atoms with van der Waals surface area (Å²) in [5.74, 6) is 0. The third kappa shape index (κ3) is 1.51. The SMILES string of the molecule is CC1(C)CCCc2sc(CN)nc21. The van der Waals surface area contributed by atoms with E-state index >= 15 is 0 Å². The Balaban J connectivity index is 2.44. The third-order valence-electron chi connectivity index (χ3n) is 2.76. The highest BCUT2D eigenvalue weighted by Gasteiger charge is 2.30. The van der Waals surface area contributed by atoms with Crippen LogP contribution in [0.4, 0.5) is 0 Å². The van der Waals surface area contributed by atoms with Crippen LogP contribution in [0, 0.1) is 0 Å². The van der Waals surface area contributed by atoms with Gasteiger partial charge in [0, 0.05) is 16.8 Å². The first kappa shape index (κ1) is 9.16. The molecular formula is C10H16N2S. The molecule has 1 aliphatic rings. The van der Waals surface area contributed by atoms with E-state index in [1.165, 1.54) is 29.8 Å². The van der Waals surface area contributed by atoms with Crippen molar-refractivity contribution in [3.05, 3.63) is 15.6 Å². The first-order chi connectivity index (χ1) is 6.13. The zero-order valence-corrected chi connectivity index (χ0v) is 9.08. The maximum atomic E-state index is 5.60. The third-order valence-corrected chi connectivity index (χ3v) is 3.90. The van der Waals surface area contributed by atoms with Gasteiger partial charge in [0.2, 0.25) is 0 Å². The number of nitrogens with two attached hydrogens (primary N) is 1. The van der Waals surface area contributed by atoms with Crippen molar-refractivity contribution in [1.29, 1.82) is 0 Å². The number of fused-ring (bicyclic) bond motifs is 1. The Morgan fingerprint density at radius 1 is 1.54 bits per heavy atom. The number of aryl methyl sites for hydroxylation is 1. The number of nitrogens with zero attached hydrogens (tertiary/aromatic N) is 1. The van der Waals surface area contributed by atoms with Gasteiger partial charge < -0.3 is 5.73 Å². The minimum atomic E-state index is 0.275. The fourth-order valence-corrected chi connectivity index (χ4v) is 3.16. The molecule has 1 aromatic heterocycles. The van der Waals surface area contributed by atoms with Crippen LogP contribution in [-0.2, 0) is 18.4 Å². The summed E-state index contributed by atoms with van der Waals surface area (Å²) < 4.78 is 0. The van der Waals surface area contributed by atoms with Crippen LogP contribution >= 0.6 is 11.3 Å². The average molecular weight is 196 g/mol. The van der Waals surface area contributed by atoms with Gasteiger partial charge in [0.25, 0.3) is 0 Å². The summed E-state index contributed by atoms with van der Waals surface area (Å²) >= 11 is 1.80. The fourth-order valence-electron chi connectivity index (χ4n) is 2.00. The fraction of sp³-hybridized carbons (Fsp3) is 0.700. The molecule has 2 rings (SSSR count). The zero-order valence-electron chi connectivity index (χ0n) is 8.26. The summed E-state index contributed by atoms with van der Waals surface area (Å²) in [5, 5.41) is 1.10. The van der Waals surface area contributed by atoms with E-state index in [0.29, 0.717) is 6.54 Å². The minimum Gasteiger partial charge on any atom is -0.325 e. The number of rotatable bonds is 1. The summed E-state index contributed by atoms with van der Waals surface area (Å²) in [6.45, 7) is 5.16. The van der Waals surface area contributed by atoms with Crippen molar-refractivity contribution in [1.82, 2.24) is 4.98 Å². The van der Waals surface area contributed by atoms with Gasteiger partial charge in [-0.2, -0.15) is 0 Å². The Morgan fingerprint density at radius 2 is 2.31 bits per heavy atom. The predicted octanol–water partition coefficient (Wildman–Crippen LogP) is 2.22. The Morgan fingerprint density at radius 3 is 2.92 bits per heavy atom. The zero-order chi connectivity index (χ0) is 9.47. The molecule has 3 heteroatoms. The molecule has 0 bridgehead atoms. The lowest BCUT2D eigenvalue weighted by molar-refractivity contribution is 0.423. The molecule has 0 saturated heterocycles. The van der Waals surface area contributed by atoms with Crippen LogP contribution in [0.15, 0.2) is 0 Å². The van der Waals surface area contributed by atoms with Gasteiger partial charge in [0.05, 0.1) is 5.69 Å². The number of aromatic nitrogens is 1. The van der Waals surface area contributed by atoms with Gasteiger partial charge in [-0.05, 0) is 19.3 Å². The Bertz CT molecular complexity index is 315. The van der Waals surface area contributed by atoms with Crippen molar-refractivity contribution in [2.75, 3.05) is 0 Å². The molecule has 0 aromatic carbocycles. The monoisotopic (exact) mass is 196 g/mol. The second kappa shape index (κ2) is 3.07. The van der Waals surface area contributed by atoms with Crippen molar-refractivity contribution in [3.8, 4) is 0 Å². The van der Waals surface area contributed by atoms with Gasteiger partial charge in [0.1, 0.15) is 5.01 Å². The molecule has 1 heterocycles. The first-order valence-corrected chi connectivity index (χ1v) is 5.64. The molecule has 0 fully saturated rings. The van der Waals surface area contributed by atoms with Crippen molar-refractivity contribution in [2.24, 2.45) is 5.73 Å². The highest BCUT2D eigenvalue weighted by atomic mass is 32.1. The molecule has 72 valence electrons. The lowest BCUT2D eigenvalue weighted by Gasteiger charge is -2.28. The first-order valence-electron chi connectivity index (χ1n) is 4.82. The normalized spacial score (nSPS) is 19.9. The van der Waals surface area contributed by atoms with Gasteiger partial charge >= 0.3 is 0 Å². The van der Waals surface area contributed by atoms with Crippen molar-refractivity contribution in [3.63, 3.8) is 0 Å². The van der Waals surface area contributed by atoms with E-state index < -0.39 is 0 Å². The molecule has 1 aromatic rings. The standard InChI is InChI=1S/C10H16N2S/c1-10(2)5-3-4-7-9(10)12-8(6-11)13-7/h3-6,11H2,1-2H3. The van der Waals surface area contributed by atoms with E-state index in [-0.39, 0.29) is 5.41 Å². The largest absolute Gasteiger partial charge is 0.325 e. The molecule has 0 atom stereocenters. The topological polar surface area (TPSA) is 38.9 Å². The summed E-state index contributed by atoms with van der Waals surface area (Å²) in [6, 6.07) is 0. The summed E-state index contributed by atoms with van der Waals surface area (Å²) in [6.07, 6.45) is 3.76. The van der Waals surface area contributed by atoms with E-state index in [1.807, 2.05) is 0 Å². The maximum absolute atomic E-state index is 5.60.